The van der Waals surface area contributed by atoms with Gasteiger partial charge in [0.15, 0.2) is 0 Å². The number of fused-ring (bicyclic) bond motifs is 1. The Bertz CT molecular complexity index is 512. The zero-order chi connectivity index (χ0) is 13.0. The van der Waals surface area contributed by atoms with Crippen molar-refractivity contribution in [2.24, 2.45) is 5.92 Å². The normalized spacial score (nSPS) is 13.1. The third-order valence-corrected chi connectivity index (χ3v) is 3.11. The van der Waals surface area contributed by atoms with Crippen molar-refractivity contribution in [1.29, 1.82) is 0 Å². The van der Waals surface area contributed by atoms with Crippen molar-refractivity contribution in [2.45, 2.75) is 19.9 Å². The SMILES string of the molecule is CC(CCO)CNCc1cn2cc(Cl)ccc2n1. The molecule has 5 heteroatoms. The van der Waals surface area contributed by atoms with Crippen molar-refractivity contribution in [2.75, 3.05) is 13.2 Å². The number of halogens is 1. The van der Waals surface area contributed by atoms with E-state index in [1.54, 1.807) is 0 Å². The summed E-state index contributed by atoms with van der Waals surface area (Å²) < 4.78 is 1.93. The van der Waals surface area contributed by atoms with Gasteiger partial charge in [0.1, 0.15) is 5.65 Å². The van der Waals surface area contributed by atoms with Gasteiger partial charge in [-0.25, -0.2) is 4.98 Å². The molecule has 2 aromatic rings. The van der Waals surface area contributed by atoms with Crippen molar-refractivity contribution in [1.82, 2.24) is 14.7 Å². The molecule has 2 rings (SSSR count). The molecule has 0 spiro atoms. The van der Waals surface area contributed by atoms with Gasteiger partial charge in [-0.15, -0.1) is 0 Å². The van der Waals surface area contributed by atoms with E-state index in [0.717, 1.165) is 30.9 Å². The Labute approximate surface area is 112 Å². The molecule has 0 saturated heterocycles. The molecule has 0 saturated carbocycles. The van der Waals surface area contributed by atoms with E-state index in [-0.39, 0.29) is 6.61 Å². The Hall–Kier alpha value is -1.10. The molecule has 0 aromatic carbocycles. The summed E-state index contributed by atoms with van der Waals surface area (Å²) in [4.78, 5) is 4.49. The molecule has 4 nitrogen and oxygen atoms in total. The zero-order valence-corrected chi connectivity index (χ0v) is 11.2. The molecular formula is C13H18ClN3O. The number of aromatic nitrogens is 2. The molecule has 0 fully saturated rings. The summed E-state index contributed by atoms with van der Waals surface area (Å²) in [5.74, 6) is 0.474. The Morgan fingerprint density at radius 1 is 1.44 bits per heavy atom. The second kappa shape index (κ2) is 6.18. The highest BCUT2D eigenvalue weighted by molar-refractivity contribution is 6.30. The van der Waals surface area contributed by atoms with Gasteiger partial charge in [-0.3, -0.25) is 0 Å². The number of nitrogens with one attached hydrogen (secondary N) is 1. The van der Waals surface area contributed by atoms with Gasteiger partial charge in [0.05, 0.1) is 10.7 Å². The Morgan fingerprint density at radius 3 is 3.06 bits per heavy atom. The molecule has 0 aliphatic rings. The maximum absolute atomic E-state index is 8.82. The summed E-state index contributed by atoms with van der Waals surface area (Å²) in [6, 6.07) is 3.74. The smallest absolute Gasteiger partial charge is 0.137 e. The van der Waals surface area contributed by atoms with E-state index >= 15 is 0 Å². The van der Waals surface area contributed by atoms with Gasteiger partial charge < -0.3 is 14.8 Å². The van der Waals surface area contributed by atoms with Crippen molar-refractivity contribution >= 4 is 17.2 Å². The number of pyridine rings is 1. The van der Waals surface area contributed by atoms with Gasteiger partial charge in [0.25, 0.3) is 0 Å². The fourth-order valence-electron chi connectivity index (χ4n) is 1.87. The second-order valence-corrected chi connectivity index (χ2v) is 5.03. The minimum absolute atomic E-state index is 0.246. The van der Waals surface area contributed by atoms with Crippen LogP contribution in [-0.2, 0) is 6.54 Å². The largest absolute Gasteiger partial charge is 0.396 e. The average Bonchev–Trinajstić information content (AvgIpc) is 2.71. The maximum atomic E-state index is 8.82. The van der Waals surface area contributed by atoms with Crippen LogP contribution >= 0.6 is 11.6 Å². The summed E-state index contributed by atoms with van der Waals surface area (Å²) in [6.45, 7) is 3.98. The summed E-state index contributed by atoms with van der Waals surface area (Å²) in [6.07, 6.45) is 4.65. The van der Waals surface area contributed by atoms with E-state index in [4.69, 9.17) is 16.7 Å². The van der Waals surface area contributed by atoms with E-state index in [0.29, 0.717) is 10.9 Å². The standard InChI is InChI=1S/C13H18ClN3O/c1-10(4-5-18)6-15-7-12-9-17-8-11(14)2-3-13(17)16-12/h2-3,8-10,15,18H,4-7H2,1H3. The van der Waals surface area contributed by atoms with Crippen LogP contribution in [0.4, 0.5) is 0 Å². The first-order valence-electron chi connectivity index (χ1n) is 6.13. The van der Waals surface area contributed by atoms with Crippen LogP contribution in [0.25, 0.3) is 5.65 Å². The molecule has 1 unspecified atom stereocenters. The molecule has 0 radical (unpaired) electrons. The minimum atomic E-state index is 0.246. The van der Waals surface area contributed by atoms with Crippen LogP contribution in [0, 0.1) is 5.92 Å². The highest BCUT2D eigenvalue weighted by Crippen LogP contribution is 2.11. The van der Waals surface area contributed by atoms with Gasteiger partial charge in [-0.2, -0.15) is 0 Å². The Balaban J connectivity index is 1.92. The van der Waals surface area contributed by atoms with Crippen molar-refractivity contribution in [3.05, 3.63) is 35.2 Å². The van der Waals surface area contributed by atoms with E-state index in [1.807, 2.05) is 28.9 Å². The van der Waals surface area contributed by atoms with Gasteiger partial charge >= 0.3 is 0 Å². The van der Waals surface area contributed by atoms with Crippen LogP contribution < -0.4 is 5.32 Å². The van der Waals surface area contributed by atoms with Crippen LogP contribution in [0.5, 0.6) is 0 Å². The number of nitrogens with zero attached hydrogens (tertiary/aromatic N) is 2. The highest BCUT2D eigenvalue weighted by Gasteiger charge is 2.04. The number of aliphatic hydroxyl groups excluding tert-OH is 1. The third kappa shape index (κ3) is 3.45. The van der Waals surface area contributed by atoms with E-state index < -0.39 is 0 Å². The van der Waals surface area contributed by atoms with Gasteiger partial charge in [-0.05, 0) is 31.0 Å². The molecule has 1 atom stereocenters. The quantitative estimate of drug-likeness (QED) is 0.843. The molecule has 18 heavy (non-hydrogen) atoms. The van der Waals surface area contributed by atoms with Gasteiger partial charge in [-0.1, -0.05) is 18.5 Å². The topological polar surface area (TPSA) is 49.6 Å². The van der Waals surface area contributed by atoms with Crippen LogP contribution in [0.3, 0.4) is 0 Å². The lowest BCUT2D eigenvalue weighted by atomic mass is 10.1. The van der Waals surface area contributed by atoms with Crippen LogP contribution in [-0.4, -0.2) is 27.6 Å². The van der Waals surface area contributed by atoms with Crippen LogP contribution in [0.15, 0.2) is 24.5 Å². The van der Waals surface area contributed by atoms with Crippen molar-refractivity contribution in [3.8, 4) is 0 Å². The lowest BCUT2D eigenvalue weighted by molar-refractivity contribution is 0.260. The van der Waals surface area contributed by atoms with Crippen LogP contribution in [0.2, 0.25) is 5.02 Å². The Morgan fingerprint density at radius 2 is 2.28 bits per heavy atom. The predicted octanol–water partition coefficient (Wildman–Crippen LogP) is 2.10. The van der Waals surface area contributed by atoms with E-state index in [1.165, 1.54) is 0 Å². The molecule has 0 aliphatic carbocycles. The first-order valence-corrected chi connectivity index (χ1v) is 6.51. The number of hydrogen-bond donors (Lipinski definition) is 2. The van der Waals surface area contributed by atoms with E-state index in [2.05, 4.69) is 17.2 Å². The number of aliphatic hydroxyl groups is 1. The second-order valence-electron chi connectivity index (χ2n) is 4.59. The summed E-state index contributed by atoms with van der Waals surface area (Å²) in [7, 11) is 0. The fraction of sp³-hybridized carbons (Fsp3) is 0.462. The molecule has 0 amide bonds. The molecule has 0 bridgehead atoms. The lowest BCUT2D eigenvalue weighted by Crippen LogP contribution is -2.21. The number of hydrogen-bond acceptors (Lipinski definition) is 3. The highest BCUT2D eigenvalue weighted by atomic mass is 35.5. The summed E-state index contributed by atoms with van der Waals surface area (Å²) in [5, 5.41) is 12.9. The molecule has 98 valence electrons. The van der Waals surface area contributed by atoms with Gasteiger partial charge in [0.2, 0.25) is 0 Å². The van der Waals surface area contributed by atoms with Crippen molar-refractivity contribution < 1.29 is 5.11 Å². The molecule has 2 N–H and O–H groups in total. The fourth-order valence-corrected chi connectivity index (χ4v) is 2.04. The van der Waals surface area contributed by atoms with E-state index in [9.17, 15) is 0 Å². The average molecular weight is 268 g/mol. The lowest BCUT2D eigenvalue weighted by Gasteiger charge is -2.09. The minimum Gasteiger partial charge on any atom is -0.396 e. The Kier molecular flexibility index (Phi) is 4.58. The van der Waals surface area contributed by atoms with Crippen LogP contribution in [0.1, 0.15) is 19.0 Å². The molecular weight excluding hydrogens is 250 g/mol. The number of rotatable bonds is 6. The number of imidazole rings is 1. The maximum Gasteiger partial charge on any atom is 0.137 e. The monoisotopic (exact) mass is 267 g/mol. The van der Waals surface area contributed by atoms with Gasteiger partial charge in [0, 0.05) is 25.5 Å². The zero-order valence-electron chi connectivity index (χ0n) is 10.4. The summed E-state index contributed by atoms with van der Waals surface area (Å²) >= 11 is 5.92. The first-order chi connectivity index (χ1) is 8.69. The molecule has 2 aromatic heterocycles. The molecule has 2 heterocycles. The van der Waals surface area contributed by atoms with Crippen molar-refractivity contribution in [3.63, 3.8) is 0 Å². The predicted molar refractivity (Wildman–Crippen MR) is 72.8 cm³/mol. The third-order valence-electron chi connectivity index (χ3n) is 2.89. The molecule has 0 aliphatic heterocycles. The first kappa shape index (κ1) is 13.3. The summed E-state index contributed by atoms with van der Waals surface area (Å²) in [5.41, 5.74) is 1.90.